The Labute approximate surface area is 120 Å². The van der Waals surface area contributed by atoms with Crippen molar-refractivity contribution in [1.82, 2.24) is 5.32 Å². The average molecular weight is 284 g/mol. The van der Waals surface area contributed by atoms with E-state index in [-0.39, 0.29) is 11.8 Å². The van der Waals surface area contributed by atoms with E-state index in [9.17, 15) is 9.59 Å². The largest absolute Gasteiger partial charge is 0.295 e. The molecule has 2 unspecified atom stereocenters. The summed E-state index contributed by atoms with van der Waals surface area (Å²) in [4.78, 5) is 24.2. The molecule has 98 valence electrons. The molecule has 1 saturated heterocycles. The number of amides is 2. The van der Waals surface area contributed by atoms with E-state index in [2.05, 4.69) is 5.32 Å². The molecule has 2 aliphatic rings. The minimum Gasteiger partial charge on any atom is -0.295 e. The maximum absolute atomic E-state index is 12.1. The van der Waals surface area contributed by atoms with Crippen molar-refractivity contribution in [2.24, 2.45) is 0 Å². The van der Waals surface area contributed by atoms with Gasteiger partial charge in [-0.15, -0.1) is 0 Å². The van der Waals surface area contributed by atoms with Crippen molar-refractivity contribution in [3.05, 3.63) is 58.6 Å². The Morgan fingerprint density at radius 1 is 0.850 bits per heavy atom. The third-order valence-corrected chi connectivity index (χ3v) is 4.32. The summed E-state index contributed by atoms with van der Waals surface area (Å²) in [7, 11) is 0. The maximum atomic E-state index is 12.1. The van der Waals surface area contributed by atoms with E-state index in [0.29, 0.717) is 5.02 Å². The van der Waals surface area contributed by atoms with Crippen LogP contribution in [0.4, 0.5) is 0 Å². The second-order valence-electron chi connectivity index (χ2n) is 5.13. The Hall–Kier alpha value is -2.13. The molecule has 3 nitrogen and oxygen atoms in total. The molecule has 0 bridgehead atoms. The van der Waals surface area contributed by atoms with Crippen LogP contribution >= 0.6 is 11.6 Å². The molecule has 4 heteroatoms. The molecule has 2 atom stereocenters. The van der Waals surface area contributed by atoms with E-state index in [0.717, 1.165) is 22.3 Å². The highest BCUT2D eigenvalue weighted by atomic mass is 35.5. The van der Waals surface area contributed by atoms with Crippen LogP contribution in [0, 0.1) is 0 Å². The summed E-state index contributed by atoms with van der Waals surface area (Å²) in [6.07, 6.45) is 0. The standard InChI is InChI=1S/C16H10ClNO2/c17-8-5-6-11-12(7-8)9-3-1-2-4-10(9)13-14(11)16(20)18-15(13)19/h1-7,13-14H,(H,18,19,20). The quantitative estimate of drug-likeness (QED) is 0.756. The lowest BCUT2D eigenvalue weighted by Gasteiger charge is -2.27. The minimum absolute atomic E-state index is 0.215. The fourth-order valence-electron chi connectivity index (χ4n) is 3.27. The summed E-state index contributed by atoms with van der Waals surface area (Å²) in [5.74, 6) is -1.30. The van der Waals surface area contributed by atoms with Gasteiger partial charge in [0.25, 0.3) is 0 Å². The number of imide groups is 1. The monoisotopic (exact) mass is 283 g/mol. The van der Waals surface area contributed by atoms with E-state index in [4.69, 9.17) is 11.6 Å². The highest BCUT2D eigenvalue weighted by Crippen LogP contribution is 2.49. The predicted molar refractivity (Wildman–Crippen MR) is 75.5 cm³/mol. The molecule has 20 heavy (non-hydrogen) atoms. The molecule has 2 aromatic rings. The van der Waals surface area contributed by atoms with E-state index in [1.807, 2.05) is 36.4 Å². The van der Waals surface area contributed by atoms with Gasteiger partial charge in [-0.3, -0.25) is 14.9 Å². The Balaban J connectivity index is 2.08. The van der Waals surface area contributed by atoms with E-state index in [1.54, 1.807) is 6.07 Å². The van der Waals surface area contributed by atoms with Crippen molar-refractivity contribution in [3.8, 4) is 11.1 Å². The van der Waals surface area contributed by atoms with Gasteiger partial charge in [-0.05, 0) is 34.4 Å². The number of carbonyl (C=O) groups is 2. The smallest absolute Gasteiger partial charge is 0.235 e. The molecular formula is C16H10ClNO2. The van der Waals surface area contributed by atoms with Crippen molar-refractivity contribution < 1.29 is 9.59 Å². The zero-order chi connectivity index (χ0) is 13.9. The van der Waals surface area contributed by atoms with Gasteiger partial charge in [-0.25, -0.2) is 0 Å². The number of rotatable bonds is 0. The van der Waals surface area contributed by atoms with Gasteiger partial charge in [0.2, 0.25) is 11.8 Å². The van der Waals surface area contributed by atoms with Crippen molar-refractivity contribution in [2.45, 2.75) is 11.8 Å². The van der Waals surface area contributed by atoms with Gasteiger partial charge in [-0.2, -0.15) is 0 Å². The summed E-state index contributed by atoms with van der Waals surface area (Å²) in [5.41, 5.74) is 3.70. The minimum atomic E-state index is -0.440. The van der Waals surface area contributed by atoms with Crippen LogP contribution in [0.25, 0.3) is 11.1 Å². The van der Waals surface area contributed by atoms with Gasteiger partial charge in [0, 0.05) is 5.02 Å². The molecular weight excluding hydrogens is 274 g/mol. The van der Waals surface area contributed by atoms with Gasteiger partial charge in [0.05, 0.1) is 11.8 Å². The first-order valence-corrected chi connectivity index (χ1v) is 6.78. The molecule has 1 heterocycles. The normalized spacial score (nSPS) is 22.9. The molecule has 0 saturated carbocycles. The summed E-state index contributed by atoms with van der Waals surface area (Å²) in [6, 6.07) is 13.2. The lowest BCUT2D eigenvalue weighted by Crippen LogP contribution is -2.21. The highest BCUT2D eigenvalue weighted by Gasteiger charge is 2.47. The van der Waals surface area contributed by atoms with Crippen molar-refractivity contribution in [3.63, 3.8) is 0 Å². The van der Waals surface area contributed by atoms with Gasteiger partial charge in [0.15, 0.2) is 0 Å². The Morgan fingerprint density at radius 2 is 1.50 bits per heavy atom. The molecule has 1 fully saturated rings. The van der Waals surface area contributed by atoms with Crippen LogP contribution in [0.2, 0.25) is 5.02 Å². The lowest BCUT2D eigenvalue weighted by atomic mass is 9.73. The number of carbonyl (C=O) groups excluding carboxylic acids is 2. The van der Waals surface area contributed by atoms with E-state index in [1.165, 1.54) is 0 Å². The average Bonchev–Trinajstić information content (AvgIpc) is 2.74. The number of halogens is 1. The number of hydrogen-bond donors (Lipinski definition) is 1. The molecule has 1 aliphatic heterocycles. The Kier molecular flexibility index (Phi) is 2.30. The number of benzene rings is 2. The molecule has 0 spiro atoms. The van der Waals surface area contributed by atoms with Crippen molar-refractivity contribution >= 4 is 23.4 Å². The van der Waals surface area contributed by atoms with Crippen molar-refractivity contribution in [2.75, 3.05) is 0 Å². The summed E-state index contributed by atoms with van der Waals surface area (Å²) in [5, 5.41) is 3.07. The molecule has 2 aromatic carbocycles. The molecule has 2 amide bonds. The van der Waals surface area contributed by atoms with Gasteiger partial charge >= 0.3 is 0 Å². The topological polar surface area (TPSA) is 46.2 Å². The number of nitrogens with one attached hydrogen (secondary N) is 1. The molecule has 4 rings (SSSR count). The molecule has 0 radical (unpaired) electrons. The van der Waals surface area contributed by atoms with Crippen LogP contribution in [-0.4, -0.2) is 11.8 Å². The second kappa shape index (κ2) is 3.93. The maximum Gasteiger partial charge on any atom is 0.235 e. The van der Waals surface area contributed by atoms with Crippen LogP contribution in [0.1, 0.15) is 23.0 Å². The predicted octanol–water partition coefficient (Wildman–Crippen LogP) is 2.84. The number of hydrogen-bond acceptors (Lipinski definition) is 2. The van der Waals surface area contributed by atoms with Crippen LogP contribution in [0.3, 0.4) is 0 Å². The lowest BCUT2D eigenvalue weighted by molar-refractivity contribution is -0.125. The first-order valence-electron chi connectivity index (χ1n) is 6.40. The summed E-state index contributed by atoms with van der Waals surface area (Å²) >= 11 is 6.08. The molecule has 1 aliphatic carbocycles. The first kappa shape index (κ1) is 11.7. The van der Waals surface area contributed by atoms with Crippen LogP contribution in [-0.2, 0) is 9.59 Å². The molecule has 0 aromatic heterocycles. The summed E-state index contributed by atoms with van der Waals surface area (Å²) < 4.78 is 0. The Bertz CT molecular complexity index is 769. The van der Waals surface area contributed by atoms with Crippen LogP contribution in [0.15, 0.2) is 42.5 Å². The SMILES string of the molecule is O=C1NC(=O)C2c3ccc(Cl)cc3-c3ccccc3C12. The third kappa shape index (κ3) is 1.41. The zero-order valence-corrected chi connectivity index (χ0v) is 11.1. The third-order valence-electron chi connectivity index (χ3n) is 4.08. The fraction of sp³-hybridized carbons (Fsp3) is 0.125. The van der Waals surface area contributed by atoms with E-state index >= 15 is 0 Å². The fourth-order valence-corrected chi connectivity index (χ4v) is 3.44. The highest BCUT2D eigenvalue weighted by molar-refractivity contribution is 6.31. The van der Waals surface area contributed by atoms with Gasteiger partial charge in [-0.1, -0.05) is 41.9 Å². The summed E-state index contributed by atoms with van der Waals surface area (Å²) in [6.45, 7) is 0. The second-order valence-corrected chi connectivity index (χ2v) is 5.56. The zero-order valence-electron chi connectivity index (χ0n) is 10.4. The molecule has 1 N–H and O–H groups in total. The van der Waals surface area contributed by atoms with Crippen molar-refractivity contribution in [1.29, 1.82) is 0 Å². The van der Waals surface area contributed by atoms with Crippen LogP contribution < -0.4 is 5.32 Å². The van der Waals surface area contributed by atoms with Gasteiger partial charge in [0.1, 0.15) is 0 Å². The first-order chi connectivity index (χ1) is 9.66. The Morgan fingerprint density at radius 3 is 2.25 bits per heavy atom. The van der Waals surface area contributed by atoms with Gasteiger partial charge < -0.3 is 0 Å². The van der Waals surface area contributed by atoms with E-state index < -0.39 is 11.8 Å². The van der Waals surface area contributed by atoms with Crippen LogP contribution in [0.5, 0.6) is 0 Å². The number of fused-ring (bicyclic) bond motifs is 6.